The van der Waals surface area contributed by atoms with E-state index >= 15 is 4.39 Å². The van der Waals surface area contributed by atoms with E-state index in [0.717, 1.165) is 30.6 Å². The van der Waals surface area contributed by atoms with Gasteiger partial charge in [-0.3, -0.25) is 0 Å². The monoisotopic (exact) mass is 504 g/mol. The summed E-state index contributed by atoms with van der Waals surface area (Å²) < 4.78 is 37.4. The van der Waals surface area contributed by atoms with Crippen LogP contribution >= 0.6 is 0 Å². The number of hydrogen-bond donors (Lipinski definition) is 2. The summed E-state index contributed by atoms with van der Waals surface area (Å²) in [5.74, 6) is 0.0416. The molecular weight excluding hydrogens is 475 g/mol. The highest BCUT2D eigenvalue weighted by molar-refractivity contribution is 5.81. The number of nitrogens with one attached hydrogen (secondary N) is 1. The van der Waals surface area contributed by atoms with Gasteiger partial charge in [0.25, 0.3) is 0 Å². The van der Waals surface area contributed by atoms with Crippen molar-refractivity contribution in [1.82, 2.24) is 9.97 Å². The minimum Gasteiger partial charge on any atom is -0.470 e. The Morgan fingerprint density at radius 3 is 2.43 bits per heavy atom. The highest BCUT2D eigenvalue weighted by Gasteiger charge is 2.48. The van der Waals surface area contributed by atoms with Crippen molar-refractivity contribution < 1.29 is 28.4 Å². The van der Waals surface area contributed by atoms with Crippen LogP contribution in [0.25, 0.3) is 33.4 Å². The number of nitrogens with zero attached hydrogens (tertiary/aromatic N) is 1. The number of aromatic amines is 1. The summed E-state index contributed by atoms with van der Waals surface area (Å²) in [6, 6.07) is 19.4. The zero-order valence-corrected chi connectivity index (χ0v) is 20.5. The number of benzene rings is 2. The Kier molecular flexibility index (Phi) is 6.65. The number of aromatic nitrogens is 2. The molecule has 0 bridgehead atoms. The molecule has 8 heteroatoms. The average Bonchev–Trinajstić information content (AvgIpc) is 3.61. The first-order valence-electron chi connectivity index (χ1n) is 12.5. The van der Waals surface area contributed by atoms with E-state index in [9.17, 15) is 5.11 Å². The maximum Gasteiger partial charge on any atom is 0.193 e. The molecule has 6 rings (SSSR count). The third-order valence-corrected chi connectivity index (χ3v) is 7.05. The van der Waals surface area contributed by atoms with Crippen molar-refractivity contribution in [2.75, 3.05) is 26.9 Å². The molecule has 4 aromatic rings. The number of fused-ring (bicyclic) bond motifs is 2. The number of aryl methyl sites for hydroxylation is 1. The third-order valence-electron chi connectivity index (χ3n) is 7.05. The zero-order chi connectivity index (χ0) is 25.4. The van der Waals surface area contributed by atoms with Gasteiger partial charge in [0, 0.05) is 31.4 Å². The molecule has 192 valence electrons. The van der Waals surface area contributed by atoms with Crippen molar-refractivity contribution in [3.05, 3.63) is 72.0 Å². The molecule has 2 N–H and O–H groups in total. The topological polar surface area (TPSA) is 85.8 Å². The molecule has 7 nitrogen and oxygen atoms in total. The number of halogens is 1. The molecule has 2 saturated heterocycles. The molecule has 37 heavy (non-hydrogen) atoms. The van der Waals surface area contributed by atoms with E-state index in [4.69, 9.17) is 18.9 Å². The van der Waals surface area contributed by atoms with Crippen LogP contribution in [0.5, 0.6) is 5.88 Å². The Morgan fingerprint density at radius 1 is 0.973 bits per heavy atom. The van der Waals surface area contributed by atoms with Gasteiger partial charge in [-0.1, -0.05) is 48.5 Å². The minimum atomic E-state index is -0.642. The Hall–Kier alpha value is -3.30. The zero-order valence-electron chi connectivity index (χ0n) is 20.5. The van der Waals surface area contributed by atoms with Crippen LogP contribution in [-0.4, -0.2) is 66.4 Å². The standard InChI is InChI=1S/C29H29FN2O5/c1-34-12-2-3-17-4-6-18(7-5-17)19-8-10-20(11-9-19)27-21(30)13-22-23(32-27)14-26(31-22)37-25-16-36-28-24(33)15-35-29(25)28/h4-11,13-14,24-25,28-29,31,33H,2-3,12,15-16H2,1H3/t24-,25-,28-,29-/m1/s1. The Balaban J connectivity index is 1.18. The minimum absolute atomic E-state index is 0.233. The summed E-state index contributed by atoms with van der Waals surface area (Å²) in [5.41, 5.74) is 5.56. The molecule has 0 aliphatic carbocycles. The smallest absolute Gasteiger partial charge is 0.193 e. The van der Waals surface area contributed by atoms with Gasteiger partial charge in [-0.15, -0.1) is 0 Å². The van der Waals surface area contributed by atoms with E-state index in [1.165, 1.54) is 11.6 Å². The lowest BCUT2D eigenvalue weighted by Crippen LogP contribution is -2.34. The maximum absolute atomic E-state index is 15.0. The average molecular weight is 505 g/mol. The summed E-state index contributed by atoms with van der Waals surface area (Å²) in [5, 5.41) is 9.93. The second kappa shape index (κ2) is 10.2. The van der Waals surface area contributed by atoms with Gasteiger partial charge in [-0.05, 0) is 29.5 Å². The molecule has 4 atom stereocenters. The molecule has 0 spiro atoms. The van der Waals surface area contributed by atoms with Gasteiger partial charge in [-0.25, -0.2) is 9.37 Å². The molecule has 0 unspecified atom stereocenters. The SMILES string of the molecule is COCCCc1ccc(-c2ccc(-c3nc4cc(O[C@@H]5CO[C@H]6[C@@H]5OC[C@H]6O)[nH]c4cc3F)cc2)cc1. The van der Waals surface area contributed by atoms with Gasteiger partial charge in [0.15, 0.2) is 17.8 Å². The van der Waals surface area contributed by atoms with Crippen LogP contribution in [0.2, 0.25) is 0 Å². The molecule has 2 aliphatic heterocycles. The molecule has 2 aliphatic rings. The predicted octanol–water partition coefficient (Wildman–Crippen LogP) is 4.52. The molecule has 4 heterocycles. The van der Waals surface area contributed by atoms with E-state index in [-0.39, 0.29) is 30.6 Å². The predicted molar refractivity (Wildman–Crippen MR) is 137 cm³/mol. The number of pyridine rings is 1. The van der Waals surface area contributed by atoms with Gasteiger partial charge in [0.05, 0.1) is 24.2 Å². The quantitative estimate of drug-likeness (QED) is 0.343. The first kappa shape index (κ1) is 24.1. The van der Waals surface area contributed by atoms with Crippen molar-refractivity contribution in [2.45, 2.75) is 37.3 Å². The third kappa shape index (κ3) is 4.85. The molecular formula is C29H29FN2O5. The van der Waals surface area contributed by atoms with Gasteiger partial charge < -0.3 is 29.0 Å². The number of aliphatic hydroxyl groups is 1. The van der Waals surface area contributed by atoms with Gasteiger partial charge in [0.1, 0.15) is 24.0 Å². The van der Waals surface area contributed by atoms with Crippen LogP contribution in [0.3, 0.4) is 0 Å². The van der Waals surface area contributed by atoms with E-state index in [1.807, 2.05) is 24.3 Å². The number of aliphatic hydroxyl groups excluding tert-OH is 1. The maximum atomic E-state index is 15.0. The second-order valence-corrected chi connectivity index (χ2v) is 9.58. The lowest BCUT2D eigenvalue weighted by atomic mass is 10.00. The fourth-order valence-corrected chi connectivity index (χ4v) is 5.09. The molecule has 2 aromatic heterocycles. The number of ether oxygens (including phenoxy) is 4. The molecule has 2 fully saturated rings. The van der Waals surface area contributed by atoms with Crippen molar-refractivity contribution in [3.63, 3.8) is 0 Å². The fourth-order valence-electron chi connectivity index (χ4n) is 5.09. The Labute approximate surface area is 214 Å². The van der Waals surface area contributed by atoms with Crippen molar-refractivity contribution in [1.29, 1.82) is 0 Å². The molecule has 0 amide bonds. The van der Waals surface area contributed by atoms with Crippen LogP contribution in [-0.2, 0) is 20.6 Å². The van der Waals surface area contributed by atoms with Crippen molar-refractivity contribution >= 4 is 11.0 Å². The van der Waals surface area contributed by atoms with Crippen LogP contribution in [0.1, 0.15) is 12.0 Å². The highest BCUT2D eigenvalue weighted by Crippen LogP contribution is 2.32. The molecule has 0 radical (unpaired) electrons. The summed E-state index contributed by atoms with van der Waals surface area (Å²) >= 11 is 0. The number of hydrogen-bond acceptors (Lipinski definition) is 6. The van der Waals surface area contributed by atoms with Crippen LogP contribution in [0, 0.1) is 5.82 Å². The number of rotatable bonds is 8. The van der Waals surface area contributed by atoms with E-state index in [2.05, 4.69) is 34.2 Å². The normalized spacial score (nSPS) is 23.0. The number of H-pyrrole nitrogens is 1. The summed E-state index contributed by atoms with van der Waals surface area (Å²) in [6.07, 6.45) is 0.281. The lowest BCUT2D eigenvalue weighted by Gasteiger charge is -2.16. The van der Waals surface area contributed by atoms with Crippen molar-refractivity contribution in [2.24, 2.45) is 0 Å². The highest BCUT2D eigenvalue weighted by atomic mass is 19.1. The largest absolute Gasteiger partial charge is 0.470 e. The van der Waals surface area contributed by atoms with Gasteiger partial charge in [-0.2, -0.15) is 0 Å². The fraction of sp³-hybridized carbons (Fsp3) is 0.345. The van der Waals surface area contributed by atoms with Crippen LogP contribution < -0.4 is 4.74 Å². The Bertz CT molecular complexity index is 1370. The van der Waals surface area contributed by atoms with Crippen molar-refractivity contribution in [3.8, 4) is 28.3 Å². The Morgan fingerprint density at radius 2 is 1.68 bits per heavy atom. The van der Waals surface area contributed by atoms with E-state index in [0.29, 0.717) is 29.1 Å². The summed E-state index contributed by atoms with van der Waals surface area (Å²) in [4.78, 5) is 7.65. The second-order valence-electron chi connectivity index (χ2n) is 9.58. The lowest BCUT2D eigenvalue weighted by molar-refractivity contribution is 0.00794. The summed E-state index contributed by atoms with van der Waals surface area (Å²) in [7, 11) is 1.72. The first-order valence-corrected chi connectivity index (χ1v) is 12.5. The van der Waals surface area contributed by atoms with Crippen LogP contribution in [0.4, 0.5) is 4.39 Å². The van der Waals surface area contributed by atoms with Gasteiger partial charge >= 0.3 is 0 Å². The van der Waals surface area contributed by atoms with E-state index < -0.39 is 11.9 Å². The molecule has 0 saturated carbocycles. The van der Waals surface area contributed by atoms with Gasteiger partial charge in [0.2, 0.25) is 0 Å². The van der Waals surface area contributed by atoms with E-state index in [1.54, 1.807) is 13.2 Å². The molecule has 2 aromatic carbocycles. The summed E-state index contributed by atoms with van der Waals surface area (Å²) in [6.45, 7) is 1.31. The van der Waals surface area contributed by atoms with Crippen LogP contribution in [0.15, 0.2) is 60.7 Å². The first-order chi connectivity index (χ1) is 18.1. The number of methoxy groups -OCH3 is 1.